The van der Waals surface area contributed by atoms with Gasteiger partial charge in [-0.15, -0.1) is 12.4 Å². The fourth-order valence-corrected chi connectivity index (χ4v) is 0.552. The lowest BCUT2D eigenvalue weighted by Crippen LogP contribution is -2.40. The second-order valence-corrected chi connectivity index (χ2v) is 1.54. The lowest BCUT2D eigenvalue weighted by atomic mass is 10.5. The van der Waals surface area contributed by atoms with Gasteiger partial charge in [0.2, 0.25) is 0 Å². The Morgan fingerprint density at radius 3 is 2.62 bits per heavy atom. The predicted molar refractivity (Wildman–Crippen MR) is 32.1 cm³/mol. The molecule has 1 fully saturated rings. The number of aliphatic hydroxyl groups is 1. The van der Waals surface area contributed by atoms with Crippen LogP contribution in [0.15, 0.2) is 0 Å². The number of hydrogen-bond acceptors (Lipinski definition) is 3. The minimum Gasteiger partial charge on any atom is -0.376 e. The van der Waals surface area contributed by atoms with Gasteiger partial charge in [-0.25, -0.2) is 0 Å². The van der Waals surface area contributed by atoms with Crippen molar-refractivity contribution < 1.29 is 9.84 Å². The fourth-order valence-electron chi connectivity index (χ4n) is 0.552. The zero-order chi connectivity index (χ0) is 5.11. The van der Waals surface area contributed by atoms with E-state index >= 15 is 0 Å². The summed E-state index contributed by atoms with van der Waals surface area (Å²) in [4.78, 5) is 0. The van der Waals surface area contributed by atoms with Crippen molar-refractivity contribution in [1.82, 2.24) is 5.32 Å². The molecule has 1 saturated heterocycles. The topological polar surface area (TPSA) is 41.5 Å². The summed E-state index contributed by atoms with van der Waals surface area (Å²) in [6.07, 6.45) is -0.436. The van der Waals surface area contributed by atoms with Crippen molar-refractivity contribution in [2.45, 2.75) is 6.23 Å². The maximum atomic E-state index is 8.67. The molecule has 50 valence electrons. The van der Waals surface area contributed by atoms with Crippen LogP contribution in [-0.2, 0) is 4.74 Å². The van der Waals surface area contributed by atoms with Gasteiger partial charge in [-0.1, -0.05) is 0 Å². The van der Waals surface area contributed by atoms with E-state index in [0.29, 0.717) is 6.61 Å². The lowest BCUT2D eigenvalue weighted by Gasteiger charge is -2.17. The molecule has 3 nitrogen and oxygen atoms in total. The van der Waals surface area contributed by atoms with E-state index in [0.717, 1.165) is 13.2 Å². The van der Waals surface area contributed by atoms with Crippen molar-refractivity contribution in [2.24, 2.45) is 0 Å². The summed E-state index contributed by atoms with van der Waals surface area (Å²) in [7, 11) is 0. The lowest BCUT2D eigenvalue weighted by molar-refractivity contribution is -0.0161. The molecule has 1 atom stereocenters. The Bertz CT molecular complexity index is 56.0. The average Bonchev–Trinajstić information content (AvgIpc) is 1.69. The smallest absolute Gasteiger partial charge is 0.128 e. The van der Waals surface area contributed by atoms with Crippen molar-refractivity contribution in [3.05, 3.63) is 0 Å². The Morgan fingerprint density at radius 2 is 2.38 bits per heavy atom. The first kappa shape index (κ1) is 8.17. The van der Waals surface area contributed by atoms with Crippen LogP contribution < -0.4 is 5.32 Å². The molecule has 0 aliphatic carbocycles. The summed E-state index contributed by atoms with van der Waals surface area (Å²) in [5.41, 5.74) is 0. The van der Waals surface area contributed by atoms with Gasteiger partial charge in [-0.3, -0.25) is 5.32 Å². The molecule has 0 aromatic carbocycles. The molecule has 0 aromatic heterocycles. The number of morpholine rings is 1. The first-order valence-corrected chi connectivity index (χ1v) is 2.39. The molecule has 8 heavy (non-hydrogen) atoms. The molecule has 0 amide bonds. The van der Waals surface area contributed by atoms with E-state index < -0.39 is 6.23 Å². The Morgan fingerprint density at radius 1 is 1.62 bits per heavy atom. The summed E-state index contributed by atoms with van der Waals surface area (Å²) < 4.78 is 4.87. The minimum atomic E-state index is -0.436. The van der Waals surface area contributed by atoms with Gasteiger partial charge >= 0.3 is 0 Å². The van der Waals surface area contributed by atoms with Gasteiger partial charge in [0.05, 0.1) is 13.2 Å². The van der Waals surface area contributed by atoms with Crippen LogP contribution in [0.1, 0.15) is 0 Å². The molecule has 1 aliphatic rings. The van der Waals surface area contributed by atoms with Crippen LogP contribution in [0.3, 0.4) is 0 Å². The van der Waals surface area contributed by atoms with E-state index in [2.05, 4.69) is 5.32 Å². The molecule has 1 heterocycles. The highest BCUT2D eigenvalue weighted by Gasteiger charge is 2.06. The number of rotatable bonds is 0. The summed E-state index contributed by atoms with van der Waals surface area (Å²) >= 11 is 0. The zero-order valence-corrected chi connectivity index (χ0v) is 5.28. The molecule has 1 unspecified atom stereocenters. The molecule has 0 radical (unpaired) electrons. The predicted octanol–water partition coefficient (Wildman–Crippen LogP) is -0.654. The van der Waals surface area contributed by atoms with Crippen molar-refractivity contribution in [3.63, 3.8) is 0 Å². The number of aliphatic hydroxyl groups excluding tert-OH is 1. The molecular formula is C4H10ClNO2. The van der Waals surface area contributed by atoms with Gasteiger partial charge in [-0.05, 0) is 0 Å². The maximum Gasteiger partial charge on any atom is 0.128 e. The second kappa shape index (κ2) is 4.09. The molecule has 4 heteroatoms. The van der Waals surface area contributed by atoms with Crippen molar-refractivity contribution in [2.75, 3.05) is 19.8 Å². The van der Waals surface area contributed by atoms with E-state index in [9.17, 15) is 0 Å². The second-order valence-electron chi connectivity index (χ2n) is 1.54. The van der Waals surface area contributed by atoms with E-state index in [4.69, 9.17) is 9.84 Å². The quantitative estimate of drug-likeness (QED) is 0.469. The Balaban J connectivity index is 0.000000490. The first-order chi connectivity index (χ1) is 3.39. The van der Waals surface area contributed by atoms with Crippen molar-refractivity contribution in [3.8, 4) is 0 Å². The van der Waals surface area contributed by atoms with E-state index in [1.165, 1.54) is 0 Å². The van der Waals surface area contributed by atoms with Crippen LogP contribution in [0, 0.1) is 0 Å². The van der Waals surface area contributed by atoms with Crippen LogP contribution >= 0.6 is 12.4 Å². The number of halogens is 1. The molecule has 1 aliphatic heterocycles. The van der Waals surface area contributed by atoms with Gasteiger partial charge in [0.25, 0.3) is 0 Å². The molecule has 0 spiro atoms. The highest BCUT2D eigenvalue weighted by atomic mass is 35.5. The minimum absolute atomic E-state index is 0. The van der Waals surface area contributed by atoms with Gasteiger partial charge in [-0.2, -0.15) is 0 Å². The van der Waals surface area contributed by atoms with Gasteiger partial charge in [0, 0.05) is 6.54 Å². The standard InChI is InChI=1S/C4H9NO2.ClH/c6-4-3-7-2-1-5-4;/h4-6H,1-3H2;1H. The summed E-state index contributed by atoms with van der Waals surface area (Å²) in [5.74, 6) is 0. The van der Waals surface area contributed by atoms with E-state index in [1.807, 2.05) is 0 Å². The summed E-state index contributed by atoms with van der Waals surface area (Å²) in [6, 6.07) is 0. The largest absolute Gasteiger partial charge is 0.376 e. The summed E-state index contributed by atoms with van der Waals surface area (Å²) in [6.45, 7) is 1.91. The van der Waals surface area contributed by atoms with Crippen LogP contribution in [-0.4, -0.2) is 31.1 Å². The number of hydrogen-bond donors (Lipinski definition) is 2. The average molecular weight is 140 g/mol. The van der Waals surface area contributed by atoms with Crippen LogP contribution in [0.2, 0.25) is 0 Å². The fraction of sp³-hybridized carbons (Fsp3) is 1.00. The molecule has 1 rings (SSSR count). The molecule has 0 aromatic rings. The number of nitrogens with one attached hydrogen (secondary N) is 1. The SMILES string of the molecule is Cl.OC1COCCN1. The highest BCUT2D eigenvalue weighted by Crippen LogP contribution is 1.85. The highest BCUT2D eigenvalue weighted by molar-refractivity contribution is 5.85. The molecular weight excluding hydrogens is 130 g/mol. The van der Waals surface area contributed by atoms with Crippen LogP contribution in [0.25, 0.3) is 0 Å². The van der Waals surface area contributed by atoms with Gasteiger partial charge in [0.1, 0.15) is 6.23 Å². The molecule has 0 saturated carbocycles. The van der Waals surface area contributed by atoms with Gasteiger partial charge in [0.15, 0.2) is 0 Å². The third-order valence-electron chi connectivity index (χ3n) is 0.902. The Labute approximate surface area is 54.4 Å². The van der Waals surface area contributed by atoms with E-state index in [-0.39, 0.29) is 12.4 Å². The molecule has 2 N–H and O–H groups in total. The van der Waals surface area contributed by atoms with Crippen LogP contribution in [0.5, 0.6) is 0 Å². The Kier molecular flexibility index (Phi) is 4.18. The summed E-state index contributed by atoms with van der Waals surface area (Å²) in [5, 5.41) is 11.5. The van der Waals surface area contributed by atoms with Crippen molar-refractivity contribution >= 4 is 12.4 Å². The third-order valence-corrected chi connectivity index (χ3v) is 0.902. The van der Waals surface area contributed by atoms with Crippen molar-refractivity contribution in [1.29, 1.82) is 0 Å². The van der Waals surface area contributed by atoms with Crippen LogP contribution in [0.4, 0.5) is 0 Å². The van der Waals surface area contributed by atoms with Gasteiger partial charge < -0.3 is 9.84 Å². The first-order valence-electron chi connectivity index (χ1n) is 2.39. The third kappa shape index (κ3) is 2.47. The molecule has 0 bridgehead atoms. The maximum absolute atomic E-state index is 8.67. The van der Waals surface area contributed by atoms with E-state index in [1.54, 1.807) is 0 Å². The number of ether oxygens (including phenoxy) is 1. The zero-order valence-electron chi connectivity index (χ0n) is 4.46. The monoisotopic (exact) mass is 139 g/mol. The Hall–Kier alpha value is 0.170. The normalized spacial score (nSPS) is 28.9.